The van der Waals surface area contributed by atoms with E-state index in [0.717, 1.165) is 43.5 Å². The minimum atomic E-state index is -1.68. The molecule has 0 radical (unpaired) electrons. The number of nitrogens with zero attached hydrogens (tertiary/aromatic N) is 3. The highest BCUT2D eigenvalue weighted by Gasteiger charge is 2.19. The monoisotopic (exact) mass is 427 g/mol. The predicted molar refractivity (Wildman–Crippen MR) is 112 cm³/mol. The highest BCUT2D eigenvalue weighted by molar-refractivity contribution is 6.04. The molecule has 1 saturated heterocycles. The van der Waals surface area contributed by atoms with Gasteiger partial charge in [-0.15, -0.1) is 0 Å². The van der Waals surface area contributed by atoms with Gasteiger partial charge in [0.15, 0.2) is 17.5 Å². The van der Waals surface area contributed by atoms with Crippen molar-refractivity contribution in [2.75, 3.05) is 28.6 Å². The molecule has 0 atom stereocenters. The first-order valence-electron chi connectivity index (χ1n) is 9.83. The Labute approximate surface area is 177 Å². The smallest absolute Gasteiger partial charge is 0.258 e. The number of amides is 1. The Bertz CT molecular complexity index is 1110. The molecule has 1 aromatic heterocycles. The van der Waals surface area contributed by atoms with E-state index >= 15 is 0 Å². The molecular formula is C22H20F3N5O. The van der Waals surface area contributed by atoms with E-state index in [2.05, 4.69) is 25.5 Å². The van der Waals surface area contributed by atoms with E-state index < -0.39 is 28.9 Å². The topological polar surface area (TPSA) is 70.2 Å². The van der Waals surface area contributed by atoms with Crippen LogP contribution >= 0.6 is 0 Å². The van der Waals surface area contributed by atoms with E-state index in [1.807, 2.05) is 13.0 Å². The summed E-state index contributed by atoms with van der Waals surface area (Å²) in [7, 11) is 0. The molecular weight excluding hydrogens is 407 g/mol. The summed E-state index contributed by atoms with van der Waals surface area (Å²) in [5, 5.41) is 5.67. The summed E-state index contributed by atoms with van der Waals surface area (Å²) in [5.41, 5.74) is 0.519. The van der Waals surface area contributed by atoms with Crippen LogP contribution in [0.1, 0.15) is 29.0 Å². The van der Waals surface area contributed by atoms with E-state index in [1.54, 1.807) is 24.3 Å². The third-order valence-electron chi connectivity index (χ3n) is 4.95. The zero-order valence-corrected chi connectivity index (χ0v) is 16.8. The van der Waals surface area contributed by atoms with Crippen LogP contribution in [0.5, 0.6) is 0 Å². The fraction of sp³-hybridized carbons (Fsp3) is 0.227. The summed E-state index contributed by atoms with van der Waals surface area (Å²) in [6, 6.07) is 10.1. The number of carbonyl (C=O) groups excluding carboxylic acids is 1. The molecule has 31 heavy (non-hydrogen) atoms. The summed E-state index contributed by atoms with van der Waals surface area (Å²) in [6.07, 6.45) is 2.29. The van der Waals surface area contributed by atoms with Gasteiger partial charge in [0.2, 0.25) is 0 Å². The van der Waals surface area contributed by atoms with Crippen LogP contribution in [0.25, 0.3) is 0 Å². The van der Waals surface area contributed by atoms with Gasteiger partial charge in [-0.3, -0.25) is 4.79 Å². The normalized spacial score (nSPS) is 13.4. The van der Waals surface area contributed by atoms with Crippen molar-refractivity contribution in [3.8, 4) is 0 Å². The van der Waals surface area contributed by atoms with Crippen molar-refractivity contribution in [2.45, 2.75) is 19.8 Å². The van der Waals surface area contributed by atoms with Gasteiger partial charge in [-0.05, 0) is 56.2 Å². The van der Waals surface area contributed by atoms with E-state index in [9.17, 15) is 18.0 Å². The van der Waals surface area contributed by atoms with Crippen LogP contribution in [-0.4, -0.2) is 29.0 Å². The number of hydrogen-bond acceptors (Lipinski definition) is 5. The minimum Gasteiger partial charge on any atom is -0.356 e. The quantitative estimate of drug-likeness (QED) is 0.573. The lowest BCUT2D eigenvalue weighted by Crippen LogP contribution is -2.19. The van der Waals surface area contributed by atoms with Gasteiger partial charge < -0.3 is 15.5 Å². The molecule has 0 saturated carbocycles. The van der Waals surface area contributed by atoms with Gasteiger partial charge in [0.25, 0.3) is 5.91 Å². The van der Waals surface area contributed by atoms with Gasteiger partial charge in [-0.2, -0.15) is 0 Å². The van der Waals surface area contributed by atoms with Gasteiger partial charge in [0.05, 0.1) is 5.56 Å². The zero-order chi connectivity index (χ0) is 22.0. The van der Waals surface area contributed by atoms with Crippen molar-refractivity contribution in [2.24, 2.45) is 0 Å². The summed E-state index contributed by atoms with van der Waals surface area (Å²) in [6.45, 7) is 3.78. The second kappa shape index (κ2) is 8.63. The Kier molecular flexibility index (Phi) is 5.75. The molecule has 3 aromatic rings. The summed E-state index contributed by atoms with van der Waals surface area (Å²) in [5.74, 6) is -3.25. The third-order valence-corrected chi connectivity index (χ3v) is 4.95. The number of aryl methyl sites for hydroxylation is 1. The lowest BCUT2D eigenvalue weighted by atomic mass is 10.1. The van der Waals surface area contributed by atoms with Gasteiger partial charge >= 0.3 is 0 Å². The van der Waals surface area contributed by atoms with Crippen LogP contribution in [-0.2, 0) is 0 Å². The van der Waals surface area contributed by atoms with E-state index in [4.69, 9.17) is 0 Å². The van der Waals surface area contributed by atoms with E-state index in [1.165, 1.54) is 0 Å². The van der Waals surface area contributed by atoms with Crippen LogP contribution < -0.4 is 15.5 Å². The van der Waals surface area contributed by atoms with Crippen LogP contribution in [0.15, 0.2) is 42.5 Å². The van der Waals surface area contributed by atoms with Crippen LogP contribution in [0.2, 0.25) is 0 Å². The summed E-state index contributed by atoms with van der Waals surface area (Å²) in [4.78, 5) is 23.3. The maximum atomic E-state index is 13.8. The highest BCUT2D eigenvalue weighted by Crippen LogP contribution is 2.24. The summed E-state index contributed by atoms with van der Waals surface area (Å²) < 4.78 is 40.2. The Morgan fingerprint density at radius 1 is 0.935 bits per heavy atom. The number of anilines is 4. The van der Waals surface area contributed by atoms with Crippen LogP contribution in [0.4, 0.5) is 36.2 Å². The number of halogens is 3. The standard InChI is InChI=1S/C22H20F3N5O/c1-13-26-18(12-19(27-13)30-10-2-3-11-30)28-14-4-6-15(7-5-14)29-22(31)16-8-9-17(23)21(25)20(16)24/h4-9,12H,2-3,10-11H2,1H3,(H,29,31)(H,26,27,28). The number of aromatic nitrogens is 2. The van der Waals surface area contributed by atoms with Crippen molar-refractivity contribution < 1.29 is 18.0 Å². The van der Waals surface area contributed by atoms with Crippen LogP contribution in [0.3, 0.4) is 0 Å². The molecule has 2 N–H and O–H groups in total. The Morgan fingerprint density at radius 2 is 1.61 bits per heavy atom. The predicted octanol–water partition coefficient (Wildman–Crippen LogP) is 4.80. The average molecular weight is 427 g/mol. The van der Waals surface area contributed by atoms with Crippen molar-refractivity contribution in [1.29, 1.82) is 0 Å². The first-order valence-corrected chi connectivity index (χ1v) is 9.83. The SMILES string of the molecule is Cc1nc(Nc2ccc(NC(=O)c3ccc(F)c(F)c3F)cc2)cc(N2CCCC2)n1. The van der Waals surface area contributed by atoms with E-state index in [-0.39, 0.29) is 0 Å². The molecule has 1 fully saturated rings. The molecule has 1 aliphatic heterocycles. The van der Waals surface area contributed by atoms with Gasteiger partial charge in [-0.25, -0.2) is 23.1 Å². The van der Waals surface area contributed by atoms with Gasteiger partial charge in [0, 0.05) is 30.5 Å². The molecule has 160 valence electrons. The second-order valence-electron chi connectivity index (χ2n) is 7.23. The highest BCUT2D eigenvalue weighted by atomic mass is 19.2. The molecule has 0 bridgehead atoms. The molecule has 4 rings (SSSR count). The van der Waals surface area contributed by atoms with Crippen molar-refractivity contribution in [3.63, 3.8) is 0 Å². The lowest BCUT2D eigenvalue weighted by Gasteiger charge is -2.18. The number of benzene rings is 2. The van der Waals surface area contributed by atoms with Crippen molar-refractivity contribution in [1.82, 2.24) is 9.97 Å². The number of nitrogens with one attached hydrogen (secondary N) is 2. The number of carbonyl (C=O) groups is 1. The van der Waals surface area contributed by atoms with Crippen molar-refractivity contribution in [3.05, 3.63) is 71.3 Å². The number of rotatable bonds is 5. The fourth-order valence-corrected chi connectivity index (χ4v) is 3.41. The zero-order valence-electron chi connectivity index (χ0n) is 16.8. The Morgan fingerprint density at radius 3 is 2.32 bits per heavy atom. The maximum absolute atomic E-state index is 13.8. The molecule has 2 aromatic carbocycles. The first kappa shape index (κ1) is 20.6. The van der Waals surface area contributed by atoms with Crippen LogP contribution in [0, 0.1) is 24.4 Å². The third kappa shape index (κ3) is 4.60. The van der Waals surface area contributed by atoms with E-state index in [0.29, 0.717) is 23.4 Å². The molecule has 9 heteroatoms. The Balaban J connectivity index is 1.45. The maximum Gasteiger partial charge on any atom is 0.258 e. The second-order valence-corrected chi connectivity index (χ2v) is 7.23. The average Bonchev–Trinajstić information content (AvgIpc) is 3.28. The molecule has 6 nitrogen and oxygen atoms in total. The lowest BCUT2D eigenvalue weighted by molar-refractivity contribution is 0.102. The molecule has 1 amide bonds. The Hall–Kier alpha value is -3.62. The molecule has 2 heterocycles. The van der Waals surface area contributed by atoms with Crippen molar-refractivity contribution >= 4 is 28.9 Å². The number of hydrogen-bond donors (Lipinski definition) is 2. The fourth-order valence-electron chi connectivity index (χ4n) is 3.41. The minimum absolute atomic E-state index is 0.372. The van der Waals surface area contributed by atoms with Gasteiger partial charge in [0.1, 0.15) is 17.5 Å². The molecule has 0 aliphatic carbocycles. The molecule has 0 unspecified atom stereocenters. The van der Waals surface area contributed by atoms with Gasteiger partial charge in [-0.1, -0.05) is 0 Å². The largest absolute Gasteiger partial charge is 0.356 e. The molecule has 0 spiro atoms. The first-order chi connectivity index (χ1) is 14.9. The molecule has 1 aliphatic rings. The summed E-state index contributed by atoms with van der Waals surface area (Å²) >= 11 is 0.